The van der Waals surface area contributed by atoms with Crippen molar-refractivity contribution in [3.05, 3.63) is 59.2 Å². The molecule has 0 radical (unpaired) electrons. The highest BCUT2D eigenvalue weighted by molar-refractivity contribution is 5.92. The maximum absolute atomic E-state index is 12.8. The van der Waals surface area contributed by atoms with Crippen molar-refractivity contribution in [2.75, 3.05) is 7.11 Å². The number of amides is 1. The summed E-state index contributed by atoms with van der Waals surface area (Å²) < 4.78 is 7.23. The van der Waals surface area contributed by atoms with E-state index in [0.717, 1.165) is 47.7 Å². The smallest absolute Gasteiger partial charge is 0.272 e. The van der Waals surface area contributed by atoms with E-state index < -0.39 is 0 Å². The molecular formula is C22H27N5O2. The predicted molar refractivity (Wildman–Crippen MR) is 110 cm³/mol. The number of methoxy groups -OCH3 is 1. The number of hydrogen-bond donors (Lipinski definition) is 2. The maximum atomic E-state index is 12.8. The molecule has 7 heteroatoms. The molecule has 1 aliphatic rings. The van der Waals surface area contributed by atoms with E-state index in [4.69, 9.17) is 4.74 Å². The third kappa shape index (κ3) is 3.77. The summed E-state index contributed by atoms with van der Waals surface area (Å²) in [6.07, 6.45) is 4.44. The van der Waals surface area contributed by atoms with Crippen molar-refractivity contribution in [2.45, 2.75) is 46.1 Å². The van der Waals surface area contributed by atoms with Gasteiger partial charge < -0.3 is 10.1 Å². The first-order valence-electron chi connectivity index (χ1n) is 9.96. The number of carbonyl (C=O) groups excluding carboxylic acids is 1. The van der Waals surface area contributed by atoms with Gasteiger partial charge in [0.1, 0.15) is 11.4 Å². The second kappa shape index (κ2) is 7.39. The minimum Gasteiger partial charge on any atom is -0.497 e. The molecule has 0 unspecified atom stereocenters. The van der Waals surface area contributed by atoms with Crippen LogP contribution in [0.5, 0.6) is 5.75 Å². The van der Waals surface area contributed by atoms with Gasteiger partial charge in [-0.2, -0.15) is 10.2 Å². The molecule has 0 fully saturated rings. The summed E-state index contributed by atoms with van der Waals surface area (Å²) in [5.74, 6) is 0.650. The normalized spacial score (nSPS) is 17.6. The number of fused-ring (bicyclic) bond motifs is 1. The zero-order valence-corrected chi connectivity index (χ0v) is 17.3. The van der Waals surface area contributed by atoms with Crippen molar-refractivity contribution in [3.63, 3.8) is 0 Å². The van der Waals surface area contributed by atoms with Crippen LogP contribution in [0, 0.1) is 5.41 Å². The lowest BCUT2D eigenvalue weighted by atomic mass is 9.74. The minimum absolute atomic E-state index is 0.0371. The van der Waals surface area contributed by atoms with Crippen LogP contribution >= 0.6 is 0 Å². The van der Waals surface area contributed by atoms with Crippen LogP contribution < -0.4 is 10.1 Å². The van der Waals surface area contributed by atoms with Crippen LogP contribution in [-0.4, -0.2) is 33.0 Å². The van der Waals surface area contributed by atoms with Crippen molar-refractivity contribution < 1.29 is 9.53 Å². The average molecular weight is 393 g/mol. The molecule has 1 aromatic carbocycles. The Morgan fingerprint density at radius 1 is 1.34 bits per heavy atom. The fourth-order valence-electron chi connectivity index (χ4n) is 4.01. The number of nitrogens with zero attached hydrogens (tertiary/aromatic N) is 3. The van der Waals surface area contributed by atoms with E-state index in [9.17, 15) is 4.79 Å². The van der Waals surface area contributed by atoms with Crippen LogP contribution in [-0.2, 0) is 12.8 Å². The lowest BCUT2D eigenvalue weighted by Crippen LogP contribution is -2.37. The van der Waals surface area contributed by atoms with E-state index in [-0.39, 0.29) is 17.4 Å². The molecule has 0 spiro atoms. The Hall–Kier alpha value is -3.09. The number of aromatic nitrogens is 4. The minimum atomic E-state index is -0.160. The summed E-state index contributed by atoms with van der Waals surface area (Å²) in [6, 6.07) is 9.56. The Morgan fingerprint density at radius 3 is 2.76 bits per heavy atom. The van der Waals surface area contributed by atoms with Crippen LogP contribution in [0.4, 0.5) is 0 Å². The van der Waals surface area contributed by atoms with Crippen LogP contribution in [0.3, 0.4) is 0 Å². The summed E-state index contributed by atoms with van der Waals surface area (Å²) in [4.78, 5) is 12.8. The van der Waals surface area contributed by atoms with Gasteiger partial charge in [0.05, 0.1) is 30.7 Å². The standard InChI is InChI=1S/C22H27N5O2/c1-5-14-10-18(26-25-14)21(28)24-19-11-22(2,3)12-20-17(19)13-23-27(20)15-6-8-16(29-4)9-7-15/h6-10,13,19H,5,11-12H2,1-4H3,(H,24,28)(H,25,26)/t19-/m0/s1. The second-order valence-electron chi connectivity index (χ2n) is 8.36. The largest absolute Gasteiger partial charge is 0.497 e. The van der Waals surface area contributed by atoms with Gasteiger partial charge in [-0.25, -0.2) is 4.68 Å². The van der Waals surface area contributed by atoms with Crippen molar-refractivity contribution in [1.82, 2.24) is 25.3 Å². The Kier molecular flexibility index (Phi) is 4.90. The van der Waals surface area contributed by atoms with Gasteiger partial charge in [0.2, 0.25) is 0 Å². The average Bonchev–Trinajstić information content (AvgIpc) is 3.34. The molecular weight excluding hydrogens is 366 g/mol. The molecule has 4 rings (SSSR count). The molecule has 0 saturated heterocycles. The highest BCUT2D eigenvalue weighted by atomic mass is 16.5. The summed E-state index contributed by atoms with van der Waals surface area (Å²) in [5.41, 5.74) is 4.60. The fraction of sp³-hybridized carbons (Fsp3) is 0.409. The van der Waals surface area contributed by atoms with Gasteiger partial charge in [-0.05, 0) is 55.0 Å². The number of carbonyl (C=O) groups is 1. The molecule has 1 amide bonds. The van der Waals surface area contributed by atoms with Crippen molar-refractivity contribution >= 4 is 5.91 Å². The van der Waals surface area contributed by atoms with Gasteiger partial charge in [-0.3, -0.25) is 9.89 Å². The Labute approximate surface area is 170 Å². The Balaban J connectivity index is 1.64. The van der Waals surface area contributed by atoms with E-state index in [1.165, 1.54) is 0 Å². The monoisotopic (exact) mass is 393 g/mol. The fourth-order valence-corrected chi connectivity index (χ4v) is 4.01. The number of rotatable bonds is 5. The highest BCUT2D eigenvalue weighted by Crippen LogP contribution is 2.41. The summed E-state index contributed by atoms with van der Waals surface area (Å²) >= 11 is 0. The van der Waals surface area contributed by atoms with Crippen molar-refractivity contribution in [2.24, 2.45) is 5.41 Å². The molecule has 0 bridgehead atoms. The van der Waals surface area contributed by atoms with Crippen LogP contribution in [0.2, 0.25) is 0 Å². The van der Waals surface area contributed by atoms with E-state index in [2.05, 4.69) is 34.5 Å². The first-order valence-corrected chi connectivity index (χ1v) is 9.96. The summed E-state index contributed by atoms with van der Waals surface area (Å²) in [7, 11) is 1.66. The zero-order chi connectivity index (χ0) is 20.6. The van der Waals surface area contributed by atoms with Crippen LogP contribution in [0.1, 0.15) is 60.7 Å². The van der Waals surface area contributed by atoms with Gasteiger partial charge in [-0.15, -0.1) is 0 Å². The molecule has 2 N–H and O–H groups in total. The molecule has 1 aliphatic carbocycles. The first kappa shape index (κ1) is 19.2. The molecule has 0 aliphatic heterocycles. The molecule has 1 atom stereocenters. The van der Waals surface area contributed by atoms with Crippen LogP contribution in [0.25, 0.3) is 5.69 Å². The quantitative estimate of drug-likeness (QED) is 0.693. The topological polar surface area (TPSA) is 84.8 Å². The zero-order valence-electron chi connectivity index (χ0n) is 17.3. The SMILES string of the molecule is CCc1cc(C(=O)N[C@H]2CC(C)(C)Cc3c2cnn3-c2ccc(OC)cc2)n[nH]1. The number of H-pyrrole nitrogens is 1. The van der Waals surface area contributed by atoms with Gasteiger partial charge in [0.15, 0.2) is 0 Å². The molecule has 3 aromatic rings. The molecule has 152 valence electrons. The molecule has 0 saturated carbocycles. The number of aryl methyl sites for hydroxylation is 1. The van der Waals surface area contributed by atoms with Gasteiger partial charge in [0, 0.05) is 11.3 Å². The molecule has 7 nitrogen and oxygen atoms in total. The third-order valence-corrected chi connectivity index (χ3v) is 5.55. The molecule has 2 aromatic heterocycles. The number of nitrogens with one attached hydrogen (secondary N) is 2. The molecule has 2 heterocycles. The Bertz CT molecular complexity index is 1020. The maximum Gasteiger partial charge on any atom is 0.272 e. The van der Waals surface area contributed by atoms with Gasteiger partial charge in [-0.1, -0.05) is 20.8 Å². The predicted octanol–water partition coefficient (Wildman–Crippen LogP) is 3.61. The summed E-state index contributed by atoms with van der Waals surface area (Å²) in [6.45, 7) is 6.48. The van der Waals surface area contributed by atoms with Gasteiger partial charge >= 0.3 is 0 Å². The number of hydrogen-bond acceptors (Lipinski definition) is 4. The van der Waals surface area contributed by atoms with E-state index in [1.807, 2.05) is 48.1 Å². The molecule has 29 heavy (non-hydrogen) atoms. The second-order valence-corrected chi connectivity index (χ2v) is 8.36. The first-order chi connectivity index (χ1) is 13.9. The van der Waals surface area contributed by atoms with Crippen molar-refractivity contribution in [1.29, 1.82) is 0 Å². The number of aromatic amines is 1. The lowest BCUT2D eigenvalue weighted by molar-refractivity contribution is 0.0914. The summed E-state index contributed by atoms with van der Waals surface area (Å²) in [5, 5.41) is 14.9. The number of ether oxygens (including phenoxy) is 1. The Morgan fingerprint density at radius 2 is 2.10 bits per heavy atom. The van der Waals surface area contributed by atoms with E-state index >= 15 is 0 Å². The van der Waals surface area contributed by atoms with Gasteiger partial charge in [0.25, 0.3) is 5.91 Å². The third-order valence-electron chi connectivity index (χ3n) is 5.55. The van der Waals surface area contributed by atoms with E-state index in [0.29, 0.717) is 5.69 Å². The highest BCUT2D eigenvalue weighted by Gasteiger charge is 2.36. The lowest BCUT2D eigenvalue weighted by Gasteiger charge is -2.35. The van der Waals surface area contributed by atoms with E-state index in [1.54, 1.807) is 7.11 Å². The van der Waals surface area contributed by atoms with Crippen molar-refractivity contribution in [3.8, 4) is 11.4 Å². The van der Waals surface area contributed by atoms with Crippen LogP contribution in [0.15, 0.2) is 36.5 Å². The number of benzene rings is 1.